The number of phenols is 1. The van der Waals surface area contributed by atoms with Gasteiger partial charge in [-0.25, -0.2) is 9.97 Å². The van der Waals surface area contributed by atoms with Crippen LogP contribution in [0.3, 0.4) is 0 Å². The van der Waals surface area contributed by atoms with Gasteiger partial charge in [0.2, 0.25) is 0 Å². The van der Waals surface area contributed by atoms with E-state index in [1.165, 1.54) is 0 Å². The zero-order valence-corrected chi connectivity index (χ0v) is 12.3. The summed E-state index contributed by atoms with van der Waals surface area (Å²) in [6, 6.07) is 3.77. The Bertz CT molecular complexity index is 581. The molecule has 0 spiro atoms. The molecule has 1 aliphatic rings. The Morgan fingerprint density at radius 2 is 1.90 bits per heavy atom. The Hall–Kier alpha value is -1.88. The van der Waals surface area contributed by atoms with Crippen LogP contribution in [-0.2, 0) is 4.74 Å². The number of morpholine rings is 1. The van der Waals surface area contributed by atoms with Crippen LogP contribution >= 0.6 is 0 Å². The zero-order chi connectivity index (χ0) is 14.5. The molecule has 0 aliphatic carbocycles. The van der Waals surface area contributed by atoms with Crippen LogP contribution in [0.5, 0.6) is 5.75 Å². The smallest absolute Gasteiger partial charge is 0.128 e. The Balaban J connectivity index is 0.000000704. The van der Waals surface area contributed by atoms with E-state index in [2.05, 4.69) is 14.9 Å². The van der Waals surface area contributed by atoms with E-state index in [1.54, 1.807) is 12.3 Å². The molecule has 1 aliphatic heterocycles. The number of ether oxygens (including phenoxy) is 1. The molecule has 0 saturated carbocycles. The third kappa shape index (κ3) is 2.99. The molecule has 0 radical (unpaired) electrons. The minimum absolute atomic E-state index is 0.231. The lowest BCUT2D eigenvalue weighted by Crippen LogP contribution is -2.36. The Morgan fingerprint density at radius 1 is 1.20 bits per heavy atom. The fraction of sp³-hybridized carbons (Fsp3) is 0.467. The van der Waals surface area contributed by atoms with Crippen LogP contribution in [0.25, 0.3) is 10.9 Å². The Morgan fingerprint density at radius 3 is 2.60 bits per heavy atom. The second kappa shape index (κ2) is 6.52. The van der Waals surface area contributed by atoms with E-state index in [0.29, 0.717) is 11.2 Å². The van der Waals surface area contributed by atoms with Crippen molar-refractivity contribution in [3.8, 4) is 5.75 Å². The first kappa shape index (κ1) is 14.5. The molecule has 1 aromatic carbocycles. The molecule has 1 N–H and O–H groups in total. The van der Waals surface area contributed by atoms with Gasteiger partial charge in [0, 0.05) is 31.0 Å². The van der Waals surface area contributed by atoms with E-state index in [1.807, 2.05) is 26.8 Å². The van der Waals surface area contributed by atoms with Crippen molar-refractivity contribution in [1.29, 1.82) is 0 Å². The van der Waals surface area contributed by atoms with E-state index in [9.17, 15) is 5.11 Å². The second-order valence-corrected chi connectivity index (χ2v) is 4.41. The fourth-order valence-corrected chi connectivity index (χ4v) is 2.20. The molecule has 5 heteroatoms. The molecule has 2 aromatic rings. The first-order valence-electron chi connectivity index (χ1n) is 7.03. The number of aryl methyl sites for hydroxylation is 1. The first-order chi connectivity index (χ1) is 9.74. The number of phenolic OH excluding ortho intramolecular Hbond substituents is 1. The SMILES string of the molecule is CC.Cc1ncc2c(O)cc(N3CCOCC3)cc2n1. The number of rotatable bonds is 1. The standard InChI is InChI=1S/C13H15N3O2.C2H6/c1-9-14-8-11-12(15-9)6-10(7-13(11)17)16-2-4-18-5-3-16;1-2/h6-8,17H,2-5H2,1H3;1-2H3. The molecule has 0 bridgehead atoms. The highest BCUT2D eigenvalue weighted by Gasteiger charge is 2.14. The van der Waals surface area contributed by atoms with Crippen molar-refractivity contribution < 1.29 is 9.84 Å². The van der Waals surface area contributed by atoms with Gasteiger partial charge in [0.1, 0.15) is 11.6 Å². The molecule has 5 nitrogen and oxygen atoms in total. The van der Waals surface area contributed by atoms with Crippen molar-refractivity contribution in [3.05, 3.63) is 24.2 Å². The first-order valence-corrected chi connectivity index (χ1v) is 7.03. The van der Waals surface area contributed by atoms with Gasteiger partial charge in [0.05, 0.1) is 24.1 Å². The van der Waals surface area contributed by atoms with Crippen LogP contribution in [0.4, 0.5) is 5.69 Å². The van der Waals surface area contributed by atoms with E-state index in [-0.39, 0.29) is 5.75 Å². The minimum Gasteiger partial charge on any atom is -0.507 e. The molecule has 20 heavy (non-hydrogen) atoms. The third-order valence-electron chi connectivity index (χ3n) is 3.16. The fourth-order valence-electron chi connectivity index (χ4n) is 2.20. The Kier molecular flexibility index (Phi) is 4.74. The molecular weight excluding hydrogens is 254 g/mol. The highest BCUT2D eigenvalue weighted by Crippen LogP contribution is 2.29. The summed E-state index contributed by atoms with van der Waals surface area (Å²) in [5, 5.41) is 10.7. The Labute approximate surface area is 119 Å². The normalized spacial score (nSPS) is 14.8. The lowest BCUT2D eigenvalue weighted by Gasteiger charge is -2.29. The molecule has 1 fully saturated rings. The summed E-state index contributed by atoms with van der Waals surface area (Å²) >= 11 is 0. The van der Waals surface area contributed by atoms with Gasteiger partial charge in [-0.15, -0.1) is 0 Å². The summed E-state index contributed by atoms with van der Waals surface area (Å²) in [6.45, 7) is 8.98. The van der Waals surface area contributed by atoms with Gasteiger partial charge < -0.3 is 14.7 Å². The largest absolute Gasteiger partial charge is 0.507 e. The van der Waals surface area contributed by atoms with E-state index < -0.39 is 0 Å². The van der Waals surface area contributed by atoms with Crippen LogP contribution in [0.1, 0.15) is 19.7 Å². The number of hydrogen-bond acceptors (Lipinski definition) is 5. The van der Waals surface area contributed by atoms with Crippen LogP contribution in [0.2, 0.25) is 0 Å². The van der Waals surface area contributed by atoms with Crippen molar-refractivity contribution in [3.63, 3.8) is 0 Å². The second-order valence-electron chi connectivity index (χ2n) is 4.41. The molecule has 3 rings (SSSR count). The number of aromatic nitrogens is 2. The maximum atomic E-state index is 10.0. The van der Waals surface area contributed by atoms with Gasteiger partial charge in [-0.2, -0.15) is 0 Å². The number of nitrogens with zero attached hydrogens (tertiary/aromatic N) is 3. The molecule has 1 saturated heterocycles. The average molecular weight is 275 g/mol. The summed E-state index contributed by atoms with van der Waals surface area (Å²) in [6.07, 6.45) is 1.66. The van der Waals surface area contributed by atoms with E-state index >= 15 is 0 Å². The minimum atomic E-state index is 0.231. The van der Waals surface area contributed by atoms with Crippen LogP contribution in [-0.4, -0.2) is 41.4 Å². The lowest BCUT2D eigenvalue weighted by molar-refractivity contribution is 0.122. The van der Waals surface area contributed by atoms with Crippen molar-refractivity contribution in [2.24, 2.45) is 0 Å². The quantitative estimate of drug-likeness (QED) is 0.866. The third-order valence-corrected chi connectivity index (χ3v) is 3.16. The average Bonchev–Trinajstić information content (AvgIpc) is 2.49. The molecular formula is C15H21N3O2. The van der Waals surface area contributed by atoms with Crippen LogP contribution in [0, 0.1) is 6.92 Å². The number of fused-ring (bicyclic) bond motifs is 1. The van der Waals surface area contributed by atoms with Gasteiger partial charge in [-0.05, 0) is 13.0 Å². The summed E-state index contributed by atoms with van der Waals surface area (Å²) in [5.41, 5.74) is 1.77. The van der Waals surface area contributed by atoms with E-state index in [0.717, 1.165) is 37.5 Å². The monoisotopic (exact) mass is 275 g/mol. The maximum Gasteiger partial charge on any atom is 0.128 e. The number of hydrogen-bond donors (Lipinski definition) is 1. The molecule has 0 atom stereocenters. The molecule has 1 aromatic heterocycles. The topological polar surface area (TPSA) is 58.5 Å². The number of aromatic hydroxyl groups is 1. The predicted octanol–water partition coefficient (Wildman–Crippen LogP) is 2.51. The number of benzene rings is 1. The molecule has 0 unspecified atom stereocenters. The van der Waals surface area contributed by atoms with Gasteiger partial charge >= 0.3 is 0 Å². The van der Waals surface area contributed by atoms with Crippen LogP contribution < -0.4 is 4.90 Å². The van der Waals surface area contributed by atoms with Crippen LogP contribution in [0.15, 0.2) is 18.3 Å². The van der Waals surface area contributed by atoms with Crippen molar-refractivity contribution in [2.45, 2.75) is 20.8 Å². The zero-order valence-electron chi connectivity index (χ0n) is 12.3. The summed E-state index contributed by atoms with van der Waals surface area (Å²) in [4.78, 5) is 10.7. The van der Waals surface area contributed by atoms with Crippen molar-refractivity contribution in [1.82, 2.24) is 9.97 Å². The molecule has 108 valence electrons. The van der Waals surface area contributed by atoms with Crippen molar-refractivity contribution >= 4 is 16.6 Å². The molecule has 0 amide bonds. The number of anilines is 1. The van der Waals surface area contributed by atoms with Gasteiger partial charge in [-0.1, -0.05) is 13.8 Å². The predicted molar refractivity (Wildman–Crippen MR) is 80.3 cm³/mol. The van der Waals surface area contributed by atoms with Gasteiger partial charge in [0.15, 0.2) is 0 Å². The maximum absolute atomic E-state index is 10.0. The highest BCUT2D eigenvalue weighted by atomic mass is 16.5. The van der Waals surface area contributed by atoms with E-state index in [4.69, 9.17) is 4.74 Å². The van der Waals surface area contributed by atoms with Gasteiger partial charge in [-0.3, -0.25) is 0 Å². The highest BCUT2D eigenvalue weighted by molar-refractivity contribution is 5.87. The van der Waals surface area contributed by atoms with Gasteiger partial charge in [0.25, 0.3) is 0 Å². The molecule has 2 heterocycles. The lowest BCUT2D eigenvalue weighted by atomic mass is 10.2. The van der Waals surface area contributed by atoms with Crippen molar-refractivity contribution in [2.75, 3.05) is 31.2 Å². The summed E-state index contributed by atoms with van der Waals surface area (Å²) in [5.74, 6) is 0.940. The summed E-state index contributed by atoms with van der Waals surface area (Å²) < 4.78 is 5.33. The summed E-state index contributed by atoms with van der Waals surface area (Å²) in [7, 11) is 0.